The Balaban J connectivity index is 2.17. The number of anilines is 1. The van der Waals surface area contributed by atoms with E-state index in [4.69, 9.17) is 5.73 Å². The van der Waals surface area contributed by atoms with Crippen molar-refractivity contribution in [1.29, 1.82) is 0 Å². The van der Waals surface area contributed by atoms with E-state index in [2.05, 4.69) is 47.7 Å². The summed E-state index contributed by atoms with van der Waals surface area (Å²) in [6.45, 7) is 15.5. The number of nitrogens with zero attached hydrogens (tertiary/aromatic N) is 4. The molecule has 5 heteroatoms. The molecule has 0 radical (unpaired) electrons. The average Bonchev–Trinajstić information content (AvgIpc) is 2.41. The summed E-state index contributed by atoms with van der Waals surface area (Å²) < 4.78 is 0. The van der Waals surface area contributed by atoms with Crippen LogP contribution in [0.4, 0.5) is 5.82 Å². The lowest BCUT2D eigenvalue weighted by atomic mass is 10.0. The molecule has 0 unspecified atom stereocenters. The Morgan fingerprint density at radius 1 is 1.05 bits per heavy atom. The molecule has 1 aromatic rings. The molecule has 0 aliphatic carbocycles. The molecule has 1 aromatic heterocycles. The van der Waals surface area contributed by atoms with Gasteiger partial charge in [-0.3, -0.25) is 4.90 Å². The van der Waals surface area contributed by atoms with Gasteiger partial charge < -0.3 is 10.6 Å². The van der Waals surface area contributed by atoms with Crippen molar-refractivity contribution in [3.05, 3.63) is 16.8 Å². The van der Waals surface area contributed by atoms with Crippen LogP contribution >= 0.6 is 0 Å². The fourth-order valence-electron chi connectivity index (χ4n) is 2.73. The largest absolute Gasteiger partial charge is 0.352 e. The topological polar surface area (TPSA) is 58.3 Å². The summed E-state index contributed by atoms with van der Waals surface area (Å²) in [4.78, 5) is 4.84. The van der Waals surface area contributed by atoms with Crippen molar-refractivity contribution in [3.63, 3.8) is 0 Å². The fraction of sp³-hybridized carbons (Fsp3) is 0.733. The van der Waals surface area contributed by atoms with Gasteiger partial charge in [0.15, 0.2) is 5.82 Å². The normalized spacial score (nSPS) is 17.6. The maximum Gasteiger partial charge on any atom is 0.156 e. The molecule has 1 aliphatic rings. The maximum absolute atomic E-state index is 5.92. The first kappa shape index (κ1) is 15.2. The van der Waals surface area contributed by atoms with E-state index in [1.807, 2.05) is 6.92 Å². The third-order valence-corrected chi connectivity index (χ3v) is 4.29. The monoisotopic (exact) mass is 277 g/mol. The molecular formula is C15H27N5. The predicted molar refractivity (Wildman–Crippen MR) is 82.9 cm³/mol. The number of aromatic nitrogens is 2. The standard InChI is InChI=1S/C15H27N5/c1-11-12(2)17-18-14(13(11)10-16)19-6-8-20(9-7-19)15(3,4)5/h6-10,16H2,1-5H3. The zero-order valence-electron chi connectivity index (χ0n) is 13.4. The molecular weight excluding hydrogens is 250 g/mol. The van der Waals surface area contributed by atoms with Crippen LogP contribution in [0, 0.1) is 13.8 Å². The quantitative estimate of drug-likeness (QED) is 0.887. The Morgan fingerprint density at radius 2 is 1.65 bits per heavy atom. The number of hydrogen-bond donors (Lipinski definition) is 1. The summed E-state index contributed by atoms with van der Waals surface area (Å²) in [6.07, 6.45) is 0. The Hall–Kier alpha value is -1.20. The van der Waals surface area contributed by atoms with Gasteiger partial charge in [0.05, 0.1) is 5.69 Å². The minimum absolute atomic E-state index is 0.234. The van der Waals surface area contributed by atoms with E-state index in [0.717, 1.165) is 43.3 Å². The number of piperazine rings is 1. The van der Waals surface area contributed by atoms with E-state index in [1.54, 1.807) is 0 Å². The summed E-state index contributed by atoms with van der Waals surface area (Å²) in [5.41, 5.74) is 9.44. The molecule has 1 saturated heterocycles. The van der Waals surface area contributed by atoms with Gasteiger partial charge in [-0.2, -0.15) is 5.10 Å². The second-order valence-corrected chi connectivity index (χ2v) is 6.56. The van der Waals surface area contributed by atoms with Crippen molar-refractivity contribution in [2.75, 3.05) is 31.1 Å². The van der Waals surface area contributed by atoms with Gasteiger partial charge in [-0.25, -0.2) is 0 Å². The van der Waals surface area contributed by atoms with Gasteiger partial charge in [-0.05, 0) is 40.2 Å². The summed E-state index contributed by atoms with van der Waals surface area (Å²) in [7, 11) is 0. The number of rotatable bonds is 2. The molecule has 2 heterocycles. The molecule has 1 aliphatic heterocycles. The van der Waals surface area contributed by atoms with Crippen LogP contribution in [0.3, 0.4) is 0 Å². The van der Waals surface area contributed by atoms with E-state index < -0.39 is 0 Å². The smallest absolute Gasteiger partial charge is 0.156 e. The van der Waals surface area contributed by atoms with E-state index in [9.17, 15) is 0 Å². The predicted octanol–water partition coefficient (Wildman–Crippen LogP) is 1.47. The Bertz CT molecular complexity index is 470. The SMILES string of the molecule is Cc1nnc(N2CCN(C(C)(C)C)CC2)c(CN)c1C. The summed E-state index contributed by atoms with van der Waals surface area (Å²) in [5.74, 6) is 0.976. The molecule has 0 bridgehead atoms. The summed E-state index contributed by atoms with van der Waals surface area (Å²) in [6, 6.07) is 0. The van der Waals surface area contributed by atoms with Crippen molar-refractivity contribution in [2.24, 2.45) is 5.73 Å². The zero-order valence-corrected chi connectivity index (χ0v) is 13.4. The van der Waals surface area contributed by atoms with Crippen molar-refractivity contribution in [1.82, 2.24) is 15.1 Å². The minimum atomic E-state index is 0.234. The molecule has 2 N–H and O–H groups in total. The first-order chi connectivity index (χ1) is 9.34. The highest BCUT2D eigenvalue weighted by Crippen LogP contribution is 2.24. The lowest BCUT2D eigenvalue weighted by Gasteiger charge is -2.42. The molecule has 1 fully saturated rings. The van der Waals surface area contributed by atoms with Crippen LogP contribution in [0.5, 0.6) is 0 Å². The van der Waals surface area contributed by atoms with Crippen LogP contribution in [0.15, 0.2) is 0 Å². The van der Waals surface area contributed by atoms with Gasteiger partial charge in [0, 0.05) is 43.8 Å². The summed E-state index contributed by atoms with van der Waals surface area (Å²) in [5, 5.41) is 8.67. The maximum atomic E-state index is 5.92. The number of aryl methyl sites for hydroxylation is 1. The first-order valence-corrected chi connectivity index (χ1v) is 7.37. The zero-order chi connectivity index (χ0) is 14.9. The van der Waals surface area contributed by atoms with Crippen molar-refractivity contribution in [3.8, 4) is 0 Å². The molecule has 0 amide bonds. The molecule has 0 aromatic carbocycles. The second-order valence-electron chi connectivity index (χ2n) is 6.56. The van der Waals surface area contributed by atoms with E-state index in [1.165, 1.54) is 5.56 Å². The highest BCUT2D eigenvalue weighted by molar-refractivity contribution is 5.51. The van der Waals surface area contributed by atoms with E-state index in [0.29, 0.717) is 6.54 Å². The van der Waals surface area contributed by atoms with Crippen molar-refractivity contribution in [2.45, 2.75) is 46.7 Å². The van der Waals surface area contributed by atoms with Crippen LogP contribution in [0.2, 0.25) is 0 Å². The van der Waals surface area contributed by atoms with Crippen LogP contribution in [0.1, 0.15) is 37.6 Å². The van der Waals surface area contributed by atoms with Gasteiger partial charge >= 0.3 is 0 Å². The molecule has 20 heavy (non-hydrogen) atoms. The molecule has 2 rings (SSSR count). The van der Waals surface area contributed by atoms with Crippen LogP contribution in [-0.2, 0) is 6.54 Å². The van der Waals surface area contributed by atoms with Gasteiger partial charge in [-0.1, -0.05) is 0 Å². The van der Waals surface area contributed by atoms with Gasteiger partial charge in [-0.15, -0.1) is 5.10 Å². The van der Waals surface area contributed by atoms with Gasteiger partial charge in [0.1, 0.15) is 0 Å². The first-order valence-electron chi connectivity index (χ1n) is 7.37. The third-order valence-electron chi connectivity index (χ3n) is 4.29. The second kappa shape index (κ2) is 5.66. The summed E-state index contributed by atoms with van der Waals surface area (Å²) >= 11 is 0. The molecule has 0 saturated carbocycles. The third kappa shape index (κ3) is 2.94. The van der Waals surface area contributed by atoms with Gasteiger partial charge in [0.2, 0.25) is 0 Å². The Kier molecular flexibility index (Phi) is 4.30. The highest BCUT2D eigenvalue weighted by atomic mass is 15.3. The number of hydrogen-bond acceptors (Lipinski definition) is 5. The highest BCUT2D eigenvalue weighted by Gasteiger charge is 2.27. The minimum Gasteiger partial charge on any atom is -0.352 e. The Labute approximate surface area is 122 Å². The van der Waals surface area contributed by atoms with Gasteiger partial charge in [0.25, 0.3) is 0 Å². The molecule has 0 atom stereocenters. The van der Waals surface area contributed by atoms with Crippen molar-refractivity contribution < 1.29 is 0 Å². The van der Waals surface area contributed by atoms with Crippen LogP contribution < -0.4 is 10.6 Å². The lowest BCUT2D eigenvalue weighted by molar-refractivity contribution is 0.128. The van der Waals surface area contributed by atoms with Crippen LogP contribution in [-0.4, -0.2) is 46.8 Å². The average molecular weight is 277 g/mol. The molecule has 112 valence electrons. The fourth-order valence-corrected chi connectivity index (χ4v) is 2.73. The van der Waals surface area contributed by atoms with E-state index in [-0.39, 0.29) is 5.54 Å². The van der Waals surface area contributed by atoms with E-state index >= 15 is 0 Å². The molecule has 0 spiro atoms. The number of nitrogens with two attached hydrogens (primary N) is 1. The lowest BCUT2D eigenvalue weighted by Crippen LogP contribution is -2.53. The van der Waals surface area contributed by atoms with Crippen molar-refractivity contribution >= 4 is 5.82 Å². The Morgan fingerprint density at radius 3 is 2.15 bits per heavy atom. The molecule has 5 nitrogen and oxygen atoms in total. The van der Waals surface area contributed by atoms with Crippen LogP contribution in [0.25, 0.3) is 0 Å².